The molecule has 0 aromatic heterocycles. The van der Waals surface area contributed by atoms with E-state index in [1.165, 1.54) is 0 Å². The minimum Gasteiger partial charge on any atom is -0.465 e. The van der Waals surface area contributed by atoms with E-state index in [2.05, 4.69) is 32.1 Å². The summed E-state index contributed by atoms with van der Waals surface area (Å²) in [5.74, 6) is 0.0429. The zero-order valence-corrected chi connectivity index (χ0v) is 19.1. The SMILES string of the molecule is C=C1CC2COC(=O)C2(Cc2ccc(NS(=O)(=O)c3ccc(C(C)(C)C)cc3)cc2)C1. The molecular formula is C25H29NO4S. The third kappa shape index (κ3) is 4.13. The fourth-order valence-electron chi connectivity index (χ4n) is 4.67. The Bertz CT molecular complexity index is 1110. The summed E-state index contributed by atoms with van der Waals surface area (Å²) in [6, 6.07) is 14.2. The number of hydrogen-bond donors (Lipinski definition) is 1. The number of fused-ring (bicyclic) bond motifs is 1. The van der Waals surface area contributed by atoms with Crippen LogP contribution in [0.3, 0.4) is 0 Å². The van der Waals surface area contributed by atoms with Crippen LogP contribution in [-0.4, -0.2) is 21.0 Å². The molecular weight excluding hydrogens is 410 g/mol. The topological polar surface area (TPSA) is 72.5 Å². The number of sulfonamides is 1. The molecule has 2 aromatic rings. The van der Waals surface area contributed by atoms with Crippen molar-refractivity contribution in [3.63, 3.8) is 0 Å². The van der Waals surface area contributed by atoms with Gasteiger partial charge >= 0.3 is 5.97 Å². The van der Waals surface area contributed by atoms with Crippen molar-refractivity contribution in [2.75, 3.05) is 11.3 Å². The molecule has 0 spiro atoms. The lowest BCUT2D eigenvalue weighted by Gasteiger charge is -2.24. The minimum atomic E-state index is -3.68. The summed E-state index contributed by atoms with van der Waals surface area (Å²) in [5.41, 5.74) is 3.09. The highest BCUT2D eigenvalue weighted by Crippen LogP contribution is 2.52. The maximum Gasteiger partial charge on any atom is 0.313 e. The lowest BCUT2D eigenvalue weighted by molar-refractivity contribution is -0.146. The monoisotopic (exact) mass is 439 g/mol. The first kappa shape index (κ1) is 21.6. The molecule has 0 amide bonds. The number of allylic oxidation sites excluding steroid dienone is 1. The third-order valence-corrected chi connectivity index (χ3v) is 7.86. The van der Waals surface area contributed by atoms with E-state index in [0.29, 0.717) is 25.1 Å². The quantitative estimate of drug-likeness (QED) is 0.535. The van der Waals surface area contributed by atoms with E-state index in [4.69, 9.17) is 4.74 Å². The van der Waals surface area contributed by atoms with Crippen molar-refractivity contribution in [3.8, 4) is 0 Å². The average molecular weight is 440 g/mol. The standard InChI is InChI=1S/C25H29NO4S/c1-17-13-20-16-30-23(27)25(20,14-17)15-18-5-9-21(10-6-18)26-31(28,29)22-11-7-19(8-12-22)24(2,3)4/h5-12,20,26H,1,13-16H2,2-4H3. The molecule has 0 bridgehead atoms. The Kier molecular flexibility index (Phi) is 5.24. The van der Waals surface area contributed by atoms with Crippen molar-refractivity contribution in [3.05, 3.63) is 71.8 Å². The Balaban J connectivity index is 1.48. The Labute approximate surface area is 184 Å². The van der Waals surface area contributed by atoms with E-state index in [1.54, 1.807) is 24.3 Å². The smallest absolute Gasteiger partial charge is 0.313 e. The first-order chi connectivity index (χ1) is 14.5. The zero-order valence-electron chi connectivity index (χ0n) is 18.3. The van der Waals surface area contributed by atoms with Gasteiger partial charge in [0.15, 0.2) is 0 Å². The van der Waals surface area contributed by atoms with E-state index in [1.807, 2.05) is 24.3 Å². The molecule has 2 aromatic carbocycles. The molecule has 2 aliphatic rings. The van der Waals surface area contributed by atoms with Crippen molar-refractivity contribution in [2.45, 2.75) is 50.3 Å². The number of rotatable bonds is 5. The zero-order chi connectivity index (χ0) is 22.4. The molecule has 5 nitrogen and oxygen atoms in total. The van der Waals surface area contributed by atoms with E-state index < -0.39 is 15.4 Å². The predicted molar refractivity (Wildman–Crippen MR) is 121 cm³/mol. The van der Waals surface area contributed by atoms with Crippen LogP contribution in [0.5, 0.6) is 0 Å². The van der Waals surface area contributed by atoms with Crippen molar-refractivity contribution >= 4 is 21.7 Å². The summed E-state index contributed by atoms with van der Waals surface area (Å²) >= 11 is 0. The molecule has 1 aliphatic heterocycles. The number of benzene rings is 2. The van der Waals surface area contributed by atoms with Gasteiger partial charge in [0.2, 0.25) is 0 Å². The normalized spacial score (nSPS) is 23.5. The first-order valence-electron chi connectivity index (χ1n) is 10.6. The van der Waals surface area contributed by atoms with Gasteiger partial charge in [-0.25, -0.2) is 8.42 Å². The highest BCUT2D eigenvalue weighted by Gasteiger charge is 2.55. The minimum absolute atomic E-state index is 0.0402. The molecule has 2 unspecified atom stereocenters. The van der Waals surface area contributed by atoms with Crippen molar-refractivity contribution in [1.82, 2.24) is 0 Å². The molecule has 1 saturated heterocycles. The van der Waals surface area contributed by atoms with Crippen LogP contribution in [-0.2, 0) is 31.4 Å². The Morgan fingerprint density at radius 1 is 1.10 bits per heavy atom. The van der Waals surface area contributed by atoms with Gasteiger partial charge in [-0.1, -0.05) is 57.2 Å². The highest BCUT2D eigenvalue weighted by molar-refractivity contribution is 7.92. The second-order valence-electron chi connectivity index (χ2n) is 9.84. The fourth-order valence-corrected chi connectivity index (χ4v) is 5.72. The maximum absolute atomic E-state index is 12.8. The van der Waals surface area contributed by atoms with E-state index in [-0.39, 0.29) is 22.2 Å². The van der Waals surface area contributed by atoms with Gasteiger partial charge in [-0.15, -0.1) is 0 Å². The molecule has 2 fully saturated rings. The molecule has 0 radical (unpaired) electrons. The predicted octanol–water partition coefficient (Wildman–Crippen LogP) is 4.84. The van der Waals surface area contributed by atoms with Crippen LogP contribution < -0.4 is 4.72 Å². The molecule has 1 heterocycles. The number of carbonyl (C=O) groups excluding carboxylic acids is 1. The van der Waals surface area contributed by atoms with Gasteiger partial charge in [-0.2, -0.15) is 0 Å². The average Bonchev–Trinajstić information content (AvgIpc) is 3.17. The van der Waals surface area contributed by atoms with Crippen LogP contribution in [0, 0.1) is 11.3 Å². The van der Waals surface area contributed by atoms with Crippen molar-refractivity contribution in [1.29, 1.82) is 0 Å². The lowest BCUT2D eigenvalue weighted by atomic mass is 9.75. The summed E-state index contributed by atoms with van der Waals surface area (Å²) in [7, 11) is -3.68. The second kappa shape index (κ2) is 7.52. The van der Waals surface area contributed by atoms with E-state index in [0.717, 1.165) is 23.1 Å². The van der Waals surface area contributed by atoms with Crippen molar-refractivity contribution < 1.29 is 17.9 Å². The molecule has 1 saturated carbocycles. The van der Waals surface area contributed by atoms with Crippen LogP contribution >= 0.6 is 0 Å². The molecule has 2 atom stereocenters. The third-order valence-electron chi connectivity index (χ3n) is 6.46. The van der Waals surface area contributed by atoms with Gasteiger partial charge < -0.3 is 4.74 Å². The van der Waals surface area contributed by atoms with Crippen LogP contribution in [0.15, 0.2) is 65.6 Å². The second-order valence-corrected chi connectivity index (χ2v) is 11.5. The number of cyclic esters (lactones) is 1. The molecule has 31 heavy (non-hydrogen) atoms. The molecule has 1 aliphatic carbocycles. The Hall–Kier alpha value is -2.60. The van der Waals surface area contributed by atoms with Crippen LogP contribution in [0.4, 0.5) is 5.69 Å². The summed E-state index contributed by atoms with van der Waals surface area (Å²) in [5, 5.41) is 0. The summed E-state index contributed by atoms with van der Waals surface area (Å²) < 4.78 is 33.5. The van der Waals surface area contributed by atoms with Crippen molar-refractivity contribution in [2.24, 2.45) is 11.3 Å². The van der Waals surface area contributed by atoms with E-state index in [9.17, 15) is 13.2 Å². The number of carbonyl (C=O) groups is 1. The molecule has 1 N–H and O–H groups in total. The van der Waals surface area contributed by atoms with Gasteiger partial charge in [-0.05, 0) is 60.1 Å². The lowest BCUT2D eigenvalue weighted by Crippen LogP contribution is -2.31. The van der Waals surface area contributed by atoms with Gasteiger partial charge in [0.1, 0.15) is 0 Å². The van der Waals surface area contributed by atoms with Gasteiger partial charge in [0, 0.05) is 11.6 Å². The number of esters is 1. The molecule has 4 rings (SSSR count). The number of nitrogens with one attached hydrogen (secondary N) is 1. The Morgan fingerprint density at radius 2 is 1.74 bits per heavy atom. The molecule has 164 valence electrons. The maximum atomic E-state index is 12.8. The first-order valence-corrected chi connectivity index (χ1v) is 12.0. The summed E-state index contributed by atoms with van der Waals surface area (Å²) in [6.07, 6.45) is 2.07. The number of anilines is 1. The van der Waals surface area contributed by atoms with E-state index >= 15 is 0 Å². The van der Waals surface area contributed by atoms with Crippen LogP contribution in [0.1, 0.15) is 44.7 Å². The summed E-state index contributed by atoms with van der Waals surface area (Å²) in [4.78, 5) is 12.7. The van der Waals surface area contributed by atoms with Gasteiger partial charge in [-0.3, -0.25) is 9.52 Å². The number of hydrogen-bond acceptors (Lipinski definition) is 4. The fraction of sp³-hybridized carbons (Fsp3) is 0.400. The highest BCUT2D eigenvalue weighted by atomic mass is 32.2. The van der Waals surface area contributed by atoms with Gasteiger partial charge in [0.25, 0.3) is 10.0 Å². The largest absolute Gasteiger partial charge is 0.465 e. The number of ether oxygens (including phenoxy) is 1. The Morgan fingerprint density at radius 3 is 2.35 bits per heavy atom. The van der Waals surface area contributed by atoms with Gasteiger partial charge in [0.05, 0.1) is 16.9 Å². The van der Waals surface area contributed by atoms with Crippen LogP contribution in [0.25, 0.3) is 0 Å². The molecule has 6 heteroatoms. The summed E-state index contributed by atoms with van der Waals surface area (Å²) in [6.45, 7) is 10.8. The van der Waals surface area contributed by atoms with Crippen LogP contribution in [0.2, 0.25) is 0 Å².